The van der Waals surface area contributed by atoms with Gasteiger partial charge in [-0.05, 0) is 60.7 Å². The molecule has 0 atom stereocenters. The van der Waals surface area contributed by atoms with Gasteiger partial charge in [-0.1, -0.05) is 31.4 Å². The molecule has 2 N–H and O–H groups in total. The van der Waals surface area contributed by atoms with Crippen LogP contribution in [-0.4, -0.2) is 47.1 Å². The summed E-state index contributed by atoms with van der Waals surface area (Å²) in [6.07, 6.45) is 2.65. The van der Waals surface area contributed by atoms with E-state index >= 15 is 0 Å². The Hall–Kier alpha value is -5.15. The molecule has 0 bridgehead atoms. The lowest BCUT2D eigenvalue weighted by atomic mass is 10.1. The lowest BCUT2D eigenvalue weighted by Crippen LogP contribution is -2.34. The normalized spacial score (nSPS) is 12.8. The number of aromatic nitrogens is 2. The Bertz CT molecular complexity index is 1490. The van der Waals surface area contributed by atoms with Crippen LogP contribution in [0.2, 0.25) is 0 Å². The van der Waals surface area contributed by atoms with Crippen molar-refractivity contribution in [3.63, 3.8) is 0 Å². The van der Waals surface area contributed by atoms with Gasteiger partial charge in [-0.3, -0.25) is 4.79 Å². The fourth-order valence-corrected chi connectivity index (χ4v) is 4.08. The topological polar surface area (TPSA) is 97.8 Å². The van der Waals surface area contributed by atoms with E-state index in [1.165, 1.54) is 12.4 Å². The van der Waals surface area contributed by atoms with Crippen LogP contribution in [0.25, 0.3) is 5.70 Å². The summed E-state index contributed by atoms with van der Waals surface area (Å²) in [5, 5.41) is 6.11. The largest absolute Gasteiger partial charge is 0.457 e. The van der Waals surface area contributed by atoms with Gasteiger partial charge in [-0.25, -0.2) is 9.97 Å². The van der Waals surface area contributed by atoms with Gasteiger partial charge in [0.05, 0.1) is 13.2 Å². The zero-order valence-corrected chi connectivity index (χ0v) is 21.9. The number of rotatable bonds is 10. The predicted octanol–water partition coefficient (Wildman–Crippen LogP) is 6.23. The number of anilines is 3. The van der Waals surface area contributed by atoms with Gasteiger partial charge < -0.3 is 29.7 Å². The molecule has 0 radical (unpaired) electrons. The van der Waals surface area contributed by atoms with E-state index in [-0.39, 0.29) is 5.91 Å². The minimum Gasteiger partial charge on any atom is -0.457 e. The van der Waals surface area contributed by atoms with Crippen LogP contribution in [0.3, 0.4) is 0 Å². The summed E-state index contributed by atoms with van der Waals surface area (Å²) in [5.41, 5.74) is 3.00. The second kappa shape index (κ2) is 12.6. The van der Waals surface area contributed by atoms with Crippen molar-refractivity contribution < 1.29 is 19.0 Å². The van der Waals surface area contributed by atoms with Gasteiger partial charge in [0.2, 0.25) is 11.8 Å². The van der Waals surface area contributed by atoms with Gasteiger partial charge in [0, 0.05) is 41.8 Å². The summed E-state index contributed by atoms with van der Waals surface area (Å²) in [6, 6.07) is 24.2. The molecular formula is C31H29N5O4. The number of para-hydroxylation sites is 1. The van der Waals surface area contributed by atoms with E-state index in [0.717, 1.165) is 30.1 Å². The van der Waals surface area contributed by atoms with E-state index in [4.69, 9.17) is 14.2 Å². The molecule has 0 spiro atoms. The Morgan fingerprint density at radius 2 is 1.55 bits per heavy atom. The molecule has 202 valence electrons. The van der Waals surface area contributed by atoms with Crippen LogP contribution in [-0.2, 0) is 9.53 Å². The summed E-state index contributed by atoms with van der Waals surface area (Å²) in [5.74, 6) is 2.63. The maximum atomic E-state index is 12.0. The third-order valence-electron chi connectivity index (χ3n) is 6.05. The summed E-state index contributed by atoms with van der Waals surface area (Å²) in [4.78, 5) is 22.8. The number of morpholine rings is 1. The van der Waals surface area contributed by atoms with E-state index in [1.54, 1.807) is 6.07 Å². The Morgan fingerprint density at radius 3 is 2.27 bits per heavy atom. The Labute approximate surface area is 232 Å². The molecule has 0 aliphatic carbocycles. The van der Waals surface area contributed by atoms with E-state index in [2.05, 4.69) is 38.7 Å². The van der Waals surface area contributed by atoms with Gasteiger partial charge in [-0.15, -0.1) is 0 Å². The number of carbonyl (C=O) groups is 1. The number of hydrogen-bond acceptors (Lipinski definition) is 8. The molecular weight excluding hydrogens is 506 g/mol. The SMILES string of the molecule is C=CC(=O)Nc1cc(Nc2cc(Oc3ccc(Oc4ccccc4)cc3)ncn2)cc(C(=C)N2CCOCC2)c1. The minimum absolute atomic E-state index is 0.307. The minimum atomic E-state index is -0.307. The summed E-state index contributed by atoms with van der Waals surface area (Å²) in [6.45, 7) is 10.6. The quantitative estimate of drug-likeness (QED) is 0.231. The van der Waals surface area contributed by atoms with Crippen molar-refractivity contribution in [1.82, 2.24) is 14.9 Å². The first-order valence-corrected chi connectivity index (χ1v) is 12.8. The van der Waals surface area contributed by atoms with E-state index in [9.17, 15) is 4.79 Å². The number of nitrogens with one attached hydrogen (secondary N) is 2. The molecule has 40 heavy (non-hydrogen) atoms. The molecule has 1 amide bonds. The van der Waals surface area contributed by atoms with Crippen molar-refractivity contribution in [3.05, 3.63) is 110 Å². The van der Waals surface area contributed by atoms with E-state index in [0.29, 0.717) is 47.8 Å². The number of hydrogen-bond donors (Lipinski definition) is 2. The summed E-state index contributed by atoms with van der Waals surface area (Å²) >= 11 is 0. The first-order chi connectivity index (χ1) is 19.6. The first-order valence-electron chi connectivity index (χ1n) is 12.8. The molecule has 1 aliphatic rings. The fourth-order valence-electron chi connectivity index (χ4n) is 4.08. The Morgan fingerprint density at radius 1 is 0.875 bits per heavy atom. The summed E-state index contributed by atoms with van der Waals surface area (Å²) in [7, 11) is 0. The maximum Gasteiger partial charge on any atom is 0.247 e. The van der Waals surface area contributed by atoms with Gasteiger partial charge >= 0.3 is 0 Å². The van der Waals surface area contributed by atoms with Crippen molar-refractivity contribution in [2.75, 3.05) is 36.9 Å². The van der Waals surface area contributed by atoms with Crippen LogP contribution >= 0.6 is 0 Å². The lowest BCUT2D eigenvalue weighted by Gasteiger charge is -2.31. The highest BCUT2D eigenvalue weighted by atomic mass is 16.5. The molecule has 0 saturated carbocycles. The number of nitrogens with zero attached hydrogens (tertiary/aromatic N) is 3. The second-order valence-corrected chi connectivity index (χ2v) is 8.89. The van der Waals surface area contributed by atoms with Gasteiger partial charge in [-0.2, -0.15) is 0 Å². The molecule has 1 saturated heterocycles. The van der Waals surface area contributed by atoms with Gasteiger partial charge in [0.1, 0.15) is 29.4 Å². The van der Waals surface area contributed by atoms with Gasteiger partial charge in [0.15, 0.2) is 0 Å². The first kappa shape index (κ1) is 26.5. The molecule has 4 aromatic rings. The maximum absolute atomic E-state index is 12.0. The number of carbonyl (C=O) groups excluding carboxylic acids is 1. The Balaban J connectivity index is 1.31. The van der Waals surface area contributed by atoms with Crippen molar-refractivity contribution in [1.29, 1.82) is 0 Å². The number of amides is 1. The highest BCUT2D eigenvalue weighted by molar-refractivity contribution is 5.99. The average Bonchev–Trinajstić information content (AvgIpc) is 2.99. The molecule has 1 aromatic heterocycles. The molecule has 0 unspecified atom stereocenters. The van der Waals surface area contributed by atoms with Crippen molar-refractivity contribution in [2.45, 2.75) is 0 Å². The van der Waals surface area contributed by atoms with Crippen molar-refractivity contribution in [2.24, 2.45) is 0 Å². The highest BCUT2D eigenvalue weighted by Gasteiger charge is 2.15. The third kappa shape index (κ3) is 7.03. The van der Waals surface area contributed by atoms with Crippen LogP contribution < -0.4 is 20.1 Å². The standard InChI is InChI=1S/C31H29N5O4/c1-3-30(37)35-25-18-23(22(2)36-13-15-38-16-14-36)17-24(19-25)34-29-20-31(33-21-32-29)40-28-11-9-27(10-12-28)39-26-7-5-4-6-8-26/h3-12,17-21H,1-2,13-16H2,(H,35,37)(H,32,33,34). The fraction of sp³-hybridized carbons (Fsp3) is 0.129. The molecule has 1 aliphatic heterocycles. The van der Waals surface area contributed by atoms with Crippen molar-refractivity contribution >= 4 is 28.8 Å². The monoisotopic (exact) mass is 535 g/mol. The van der Waals surface area contributed by atoms with Crippen molar-refractivity contribution in [3.8, 4) is 23.1 Å². The zero-order chi connectivity index (χ0) is 27.7. The van der Waals surface area contributed by atoms with Crippen LogP contribution in [0, 0.1) is 0 Å². The predicted molar refractivity (Wildman–Crippen MR) is 155 cm³/mol. The van der Waals surface area contributed by atoms with E-state index in [1.807, 2.05) is 72.8 Å². The Kier molecular flexibility index (Phi) is 8.33. The summed E-state index contributed by atoms with van der Waals surface area (Å²) < 4.78 is 17.3. The second-order valence-electron chi connectivity index (χ2n) is 8.89. The molecule has 2 heterocycles. The third-order valence-corrected chi connectivity index (χ3v) is 6.05. The van der Waals surface area contributed by atoms with Crippen LogP contribution in [0.1, 0.15) is 5.56 Å². The average molecular weight is 536 g/mol. The molecule has 9 heteroatoms. The molecule has 9 nitrogen and oxygen atoms in total. The number of benzene rings is 3. The molecule has 5 rings (SSSR count). The molecule has 1 fully saturated rings. The van der Waals surface area contributed by atoms with E-state index < -0.39 is 0 Å². The molecule has 3 aromatic carbocycles. The van der Waals surface area contributed by atoms with Gasteiger partial charge in [0.25, 0.3) is 0 Å². The van der Waals surface area contributed by atoms with Crippen LogP contribution in [0.5, 0.6) is 23.1 Å². The zero-order valence-electron chi connectivity index (χ0n) is 21.9. The van der Waals surface area contributed by atoms with Crippen LogP contribution in [0.15, 0.2) is 104 Å². The van der Waals surface area contributed by atoms with Crippen LogP contribution in [0.4, 0.5) is 17.2 Å². The smallest absolute Gasteiger partial charge is 0.247 e. The number of ether oxygens (including phenoxy) is 3. The highest BCUT2D eigenvalue weighted by Crippen LogP contribution is 2.30. The lowest BCUT2D eigenvalue weighted by molar-refractivity contribution is -0.111.